The van der Waals surface area contributed by atoms with Crippen molar-refractivity contribution < 1.29 is 5.11 Å². The van der Waals surface area contributed by atoms with E-state index in [4.69, 9.17) is 17.3 Å². The van der Waals surface area contributed by atoms with E-state index in [-0.39, 0.29) is 6.61 Å². The van der Waals surface area contributed by atoms with Crippen LogP contribution in [-0.2, 0) is 0 Å². The van der Waals surface area contributed by atoms with E-state index in [2.05, 4.69) is 0 Å². The van der Waals surface area contributed by atoms with Gasteiger partial charge in [0.05, 0.1) is 6.61 Å². The molecule has 0 aliphatic carbocycles. The lowest BCUT2D eigenvalue weighted by atomic mass is 10.6. The first-order valence-corrected chi connectivity index (χ1v) is 3.97. The van der Waals surface area contributed by atoms with Gasteiger partial charge in [-0.15, -0.1) is 11.8 Å². The van der Waals surface area contributed by atoms with Gasteiger partial charge in [0, 0.05) is 9.95 Å². The summed E-state index contributed by atoms with van der Waals surface area (Å²) in [5, 5.41) is 8.33. The first-order chi connectivity index (χ1) is 3.81. The zero-order valence-corrected chi connectivity index (χ0v) is 6.52. The quantitative estimate of drug-likeness (QED) is 0.615. The Labute approximate surface area is 59.5 Å². The average Bonchev–Trinajstić information content (AvgIpc) is 1.83. The molecular weight excluding hydrogens is 140 g/mol. The van der Waals surface area contributed by atoms with Crippen molar-refractivity contribution >= 4 is 28.2 Å². The summed E-state index contributed by atoms with van der Waals surface area (Å²) in [6.07, 6.45) is 0.931. The van der Waals surface area contributed by atoms with Crippen LogP contribution in [0.2, 0.25) is 0 Å². The molecule has 0 bridgehead atoms. The third-order valence-electron chi connectivity index (χ3n) is 0.643. The minimum Gasteiger partial charge on any atom is -0.396 e. The van der Waals surface area contributed by atoms with Crippen LogP contribution in [0.5, 0.6) is 0 Å². The highest BCUT2D eigenvalue weighted by molar-refractivity contribution is 8.23. The van der Waals surface area contributed by atoms with E-state index in [0.29, 0.717) is 0 Å². The molecule has 1 nitrogen and oxygen atoms in total. The molecule has 0 heterocycles. The third-order valence-corrected chi connectivity index (χ3v) is 2.28. The summed E-state index contributed by atoms with van der Waals surface area (Å²) in [5.74, 6) is 0.743. The molecule has 3 heteroatoms. The number of thioether (sulfide) groups is 1. The lowest BCUT2D eigenvalue weighted by Gasteiger charge is -1.94. The fourth-order valence-corrected chi connectivity index (χ4v) is 1.03. The predicted octanol–water partition coefficient (Wildman–Crippen LogP) is 1.45. The maximum absolute atomic E-state index is 8.33. The van der Waals surface area contributed by atoms with Gasteiger partial charge in [-0.25, -0.2) is 0 Å². The van der Waals surface area contributed by atoms with Gasteiger partial charge < -0.3 is 5.11 Å². The van der Waals surface area contributed by atoms with E-state index >= 15 is 0 Å². The van der Waals surface area contributed by atoms with Crippen molar-refractivity contribution in [2.75, 3.05) is 12.4 Å². The fraction of sp³-hybridized carbons (Fsp3) is 0.800. The van der Waals surface area contributed by atoms with E-state index in [9.17, 15) is 0 Å². The molecule has 0 amide bonds. The fourth-order valence-electron chi connectivity index (χ4n) is 0.262. The normalized spacial score (nSPS) is 9.25. The number of hydrogen-bond acceptors (Lipinski definition) is 3. The SMILES string of the molecule is CCC(=S)SCCO. The summed E-state index contributed by atoms with van der Waals surface area (Å²) in [7, 11) is 0. The Morgan fingerprint density at radius 1 is 1.75 bits per heavy atom. The van der Waals surface area contributed by atoms with Crippen LogP contribution >= 0.6 is 24.0 Å². The Morgan fingerprint density at radius 2 is 2.38 bits per heavy atom. The molecule has 0 aromatic rings. The van der Waals surface area contributed by atoms with Gasteiger partial charge in [-0.3, -0.25) is 0 Å². The zero-order valence-electron chi connectivity index (χ0n) is 4.89. The summed E-state index contributed by atoms with van der Waals surface area (Å²) in [6, 6.07) is 0. The maximum atomic E-state index is 8.33. The monoisotopic (exact) mass is 150 g/mol. The second-order valence-corrected chi connectivity index (χ2v) is 3.24. The minimum atomic E-state index is 0.227. The topological polar surface area (TPSA) is 20.2 Å². The number of aliphatic hydroxyl groups excluding tert-OH is 1. The van der Waals surface area contributed by atoms with Gasteiger partial charge in [-0.2, -0.15) is 0 Å². The standard InChI is InChI=1S/C5H10OS2/c1-2-5(7)8-4-3-6/h6H,2-4H2,1H3. The molecule has 48 valence electrons. The summed E-state index contributed by atoms with van der Waals surface area (Å²) < 4.78 is 0.985. The lowest BCUT2D eigenvalue weighted by Crippen LogP contribution is -1.90. The Kier molecular flexibility index (Phi) is 5.81. The van der Waals surface area contributed by atoms with Crippen LogP contribution in [0.1, 0.15) is 13.3 Å². The molecule has 1 N–H and O–H groups in total. The second-order valence-electron chi connectivity index (χ2n) is 1.30. The van der Waals surface area contributed by atoms with Crippen LogP contribution in [0.3, 0.4) is 0 Å². The number of rotatable bonds is 3. The zero-order chi connectivity index (χ0) is 6.41. The Morgan fingerprint density at radius 3 is 2.75 bits per heavy atom. The molecular formula is C5H10OS2. The molecule has 0 radical (unpaired) electrons. The van der Waals surface area contributed by atoms with Gasteiger partial charge in [0.2, 0.25) is 0 Å². The van der Waals surface area contributed by atoms with Gasteiger partial charge >= 0.3 is 0 Å². The first kappa shape index (κ1) is 8.40. The Hall–Kier alpha value is 0.400. The van der Waals surface area contributed by atoms with Gasteiger partial charge in [0.25, 0.3) is 0 Å². The van der Waals surface area contributed by atoms with Crippen molar-refractivity contribution in [3.63, 3.8) is 0 Å². The molecule has 0 aromatic heterocycles. The number of hydrogen-bond donors (Lipinski definition) is 1. The summed E-state index contributed by atoms with van der Waals surface area (Å²) in [5.41, 5.74) is 0. The highest BCUT2D eigenvalue weighted by Gasteiger charge is 1.90. The summed E-state index contributed by atoms with van der Waals surface area (Å²) in [6.45, 7) is 2.25. The first-order valence-electron chi connectivity index (χ1n) is 2.57. The van der Waals surface area contributed by atoms with Gasteiger partial charge in [0.15, 0.2) is 0 Å². The Bertz CT molecular complexity index is 72.8. The average molecular weight is 150 g/mol. The largest absolute Gasteiger partial charge is 0.396 e. The smallest absolute Gasteiger partial charge is 0.0525 e. The molecule has 0 aliphatic heterocycles. The molecule has 0 fully saturated rings. The lowest BCUT2D eigenvalue weighted by molar-refractivity contribution is 0.323. The minimum absolute atomic E-state index is 0.227. The van der Waals surface area contributed by atoms with Crippen LogP contribution in [0.4, 0.5) is 0 Å². The highest BCUT2D eigenvalue weighted by Crippen LogP contribution is 2.05. The van der Waals surface area contributed by atoms with Gasteiger partial charge in [0.1, 0.15) is 0 Å². The van der Waals surface area contributed by atoms with E-state index < -0.39 is 0 Å². The molecule has 0 atom stereocenters. The van der Waals surface area contributed by atoms with Crippen LogP contribution in [0.15, 0.2) is 0 Å². The number of thiocarbonyl (C=S) groups is 1. The van der Waals surface area contributed by atoms with Crippen molar-refractivity contribution in [2.24, 2.45) is 0 Å². The predicted molar refractivity (Wildman–Crippen MR) is 42.4 cm³/mol. The summed E-state index contributed by atoms with van der Waals surface area (Å²) >= 11 is 6.43. The van der Waals surface area contributed by atoms with Crippen molar-refractivity contribution in [2.45, 2.75) is 13.3 Å². The number of aliphatic hydroxyl groups is 1. The van der Waals surface area contributed by atoms with Crippen molar-refractivity contribution in [3.8, 4) is 0 Å². The molecule has 0 saturated heterocycles. The van der Waals surface area contributed by atoms with E-state index in [1.165, 1.54) is 0 Å². The molecule has 0 saturated carbocycles. The molecule has 0 aromatic carbocycles. The molecule has 0 rings (SSSR count). The maximum Gasteiger partial charge on any atom is 0.0525 e. The Balaban J connectivity index is 2.99. The van der Waals surface area contributed by atoms with Crippen LogP contribution < -0.4 is 0 Å². The van der Waals surface area contributed by atoms with Crippen molar-refractivity contribution in [1.29, 1.82) is 0 Å². The van der Waals surface area contributed by atoms with Crippen LogP contribution in [0.25, 0.3) is 0 Å². The van der Waals surface area contributed by atoms with E-state index in [0.717, 1.165) is 16.4 Å². The van der Waals surface area contributed by atoms with Crippen LogP contribution in [0, 0.1) is 0 Å². The van der Waals surface area contributed by atoms with E-state index in [1.807, 2.05) is 6.92 Å². The van der Waals surface area contributed by atoms with Gasteiger partial charge in [-0.1, -0.05) is 19.1 Å². The molecule has 0 unspecified atom stereocenters. The second kappa shape index (κ2) is 5.54. The third kappa shape index (κ3) is 4.56. The van der Waals surface area contributed by atoms with Crippen molar-refractivity contribution in [3.05, 3.63) is 0 Å². The molecule has 0 spiro atoms. The molecule has 0 aliphatic rings. The van der Waals surface area contributed by atoms with E-state index in [1.54, 1.807) is 11.8 Å². The highest BCUT2D eigenvalue weighted by atomic mass is 32.2. The van der Waals surface area contributed by atoms with Crippen LogP contribution in [-0.4, -0.2) is 21.7 Å². The molecule has 8 heavy (non-hydrogen) atoms. The van der Waals surface area contributed by atoms with Gasteiger partial charge in [-0.05, 0) is 6.42 Å². The summed E-state index contributed by atoms with van der Waals surface area (Å²) in [4.78, 5) is 0. The van der Waals surface area contributed by atoms with Crippen molar-refractivity contribution in [1.82, 2.24) is 0 Å².